The van der Waals surface area contributed by atoms with Gasteiger partial charge in [0.05, 0.1) is 0 Å². The van der Waals surface area contributed by atoms with E-state index in [0.29, 0.717) is 29.4 Å². The molecule has 2 rings (SSSR count). The Morgan fingerprint density at radius 3 is 2.60 bits per heavy atom. The second kappa shape index (κ2) is 6.39. The molecule has 1 heterocycles. The molecule has 0 spiro atoms. The van der Waals surface area contributed by atoms with Gasteiger partial charge in [0.15, 0.2) is 0 Å². The van der Waals surface area contributed by atoms with Gasteiger partial charge in [-0.2, -0.15) is 0 Å². The van der Waals surface area contributed by atoms with Gasteiger partial charge in [-0.05, 0) is 42.8 Å². The van der Waals surface area contributed by atoms with Gasteiger partial charge in [0.25, 0.3) is 5.91 Å². The first-order valence-electron chi connectivity index (χ1n) is 6.34. The number of hydrogen-bond donors (Lipinski definition) is 1. The standard InChI is InChI=1S/C15H16ClN3O/c1-2-19(10-11-3-5-18-6-4-11)15(20)12-7-13(16)9-14(17)8-12/h3-9H,2,10,17H2,1H3. The van der Waals surface area contributed by atoms with Crippen LogP contribution in [-0.2, 0) is 6.54 Å². The lowest BCUT2D eigenvalue weighted by Gasteiger charge is -2.21. The van der Waals surface area contributed by atoms with Crippen molar-refractivity contribution in [2.75, 3.05) is 12.3 Å². The number of anilines is 1. The summed E-state index contributed by atoms with van der Waals surface area (Å²) in [5, 5.41) is 0.466. The monoisotopic (exact) mass is 289 g/mol. The number of nitrogens with two attached hydrogens (primary N) is 1. The van der Waals surface area contributed by atoms with Crippen molar-refractivity contribution in [1.29, 1.82) is 0 Å². The van der Waals surface area contributed by atoms with E-state index in [1.54, 1.807) is 35.5 Å². The van der Waals surface area contributed by atoms with E-state index < -0.39 is 0 Å². The van der Waals surface area contributed by atoms with Crippen LogP contribution in [0.15, 0.2) is 42.7 Å². The van der Waals surface area contributed by atoms with Gasteiger partial charge in [-0.15, -0.1) is 0 Å². The van der Waals surface area contributed by atoms with Crippen LogP contribution in [0, 0.1) is 0 Å². The molecule has 20 heavy (non-hydrogen) atoms. The van der Waals surface area contributed by atoms with Crippen molar-refractivity contribution in [3.05, 3.63) is 58.9 Å². The third-order valence-corrected chi connectivity index (χ3v) is 3.18. The second-order valence-corrected chi connectivity index (χ2v) is 4.88. The maximum atomic E-state index is 12.5. The molecule has 2 aromatic rings. The number of pyridine rings is 1. The smallest absolute Gasteiger partial charge is 0.254 e. The summed E-state index contributed by atoms with van der Waals surface area (Å²) in [4.78, 5) is 18.2. The fourth-order valence-electron chi connectivity index (χ4n) is 1.95. The molecular formula is C15H16ClN3O. The number of aromatic nitrogens is 1. The maximum Gasteiger partial charge on any atom is 0.254 e. The van der Waals surface area contributed by atoms with Crippen LogP contribution in [0.5, 0.6) is 0 Å². The largest absolute Gasteiger partial charge is 0.399 e. The van der Waals surface area contributed by atoms with E-state index in [1.165, 1.54) is 0 Å². The third-order valence-electron chi connectivity index (χ3n) is 2.96. The molecule has 0 atom stereocenters. The van der Waals surface area contributed by atoms with Gasteiger partial charge in [-0.1, -0.05) is 11.6 Å². The number of amides is 1. The van der Waals surface area contributed by atoms with E-state index in [-0.39, 0.29) is 5.91 Å². The van der Waals surface area contributed by atoms with Crippen LogP contribution in [0.2, 0.25) is 5.02 Å². The lowest BCUT2D eigenvalue weighted by atomic mass is 10.1. The molecule has 0 radical (unpaired) electrons. The number of carbonyl (C=O) groups is 1. The van der Waals surface area contributed by atoms with Gasteiger partial charge < -0.3 is 10.6 Å². The molecule has 0 saturated heterocycles. The minimum Gasteiger partial charge on any atom is -0.399 e. The van der Waals surface area contributed by atoms with Crippen molar-refractivity contribution in [3.63, 3.8) is 0 Å². The first kappa shape index (κ1) is 14.3. The Balaban J connectivity index is 2.20. The lowest BCUT2D eigenvalue weighted by molar-refractivity contribution is 0.0752. The van der Waals surface area contributed by atoms with Gasteiger partial charge in [0.1, 0.15) is 0 Å². The number of nitrogen functional groups attached to an aromatic ring is 1. The average Bonchev–Trinajstić information content (AvgIpc) is 2.44. The van der Waals surface area contributed by atoms with Crippen LogP contribution in [0.25, 0.3) is 0 Å². The number of hydrogen-bond acceptors (Lipinski definition) is 3. The molecule has 0 aliphatic heterocycles. The molecule has 5 heteroatoms. The summed E-state index contributed by atoms with van der Waals surface area (Å²) >= 11 is 5.94. The van der Waals surface area contributed by atoms with Crippen molar-refractivity contribution in [3.8, 4) is 0 Å². The van der Waals surface area contributed by atoms with Gasteiger partial charge in [0, 0.05) is 41.8 Å². The van der Waals surface area contributed by atoms with Crippen LogP contribution in [0.1, 0.15) is 22.8 Å². The predicted molar refractivity (Wildman–Crippen MR) is 80.5 cm³/mol. The summed E-state index contributed by atoms with van der Waals surface area (Å²) in [6.45, 7) is 3.07. The lowest BCUT2D eigenvalue weighted by Crippen LogP contribution is -2.30. The quantitative estimate of drug-likeness (QED) is 0.880. The Bertz CT molecular complexity index is 581. The molecule has 0 unspecified atom stereocenters. The molecule has 0 fully saturated rings. The van der Waals surface area contributed by atoms with Crippen molar-refractivity contribution in [2.24, 2.45) is 0 Å². The fraction of sp³-hybridized carbons (Fsp3) is 0.200. The van der Waals surface area contributed by atoms with Gasteiger partial charge >= 0.3 is 0 Å². The highest BCUT2D eigenvalue weighted by Gasteiger charge is 2.15. The highest BCUT2D eigenvalue weighted by atomic mass is 35.5. The van der Waals surface area contributed by atoms with E-state index >= 15 is 0 Å². The van der Waals surface area contributed by atoms with Crippen LogP contribution in [0.3, 0.4) is 0 Å². The predicted octanol–water partition coefficient (Wildman–Crippen LogP) is 2.98. The van der Waals surface area contributed by atoms with Crippen LogP contribution >= 0.6 is 11.6 Å². The first-order valence-corrected chi connectivity index (χ1v) is 6.72. The highest BCUT2D eigenvalue weighted by Crippen LogP contribution is 2.18. The molecule has 0 aliphatic rings. The molecule has 0 saturated carbocycles. The second-order valence-electron chi connectivity index (χ2n) is 4.45. The normalized spacial score (nSPS) is 10.3. The van der Waals surface area contributed by atoms with E-state index in [4.69, 9.17) is 17.3 Å². The van der Waals surface area contributed by atoms with E-state index in [2.05, 4.69) is 4.98 Å². The van der Waals surface area contributed by atoms with Gasteiger partial charge in [0.2, 0.25) is 0 Å². The maximum absolute atomic E-state index is 12.5. The van der Waals surface area contributed by atoms with Crippen molar-refractivity contribution >= 4 is 23.2 Å². The highest BCUT2D eigenvalue weighted by molar-refractivity contribution is 6.31. The van der Waals surface area contributed by atoms with Crippen molar-refractivity contribution in [2.45, 2.75) is 13.5 Å². The van der Waals surface area contributed by atoms with Crippen LogP contribution in [-0.4, -0.2) is 22.3 Å². The van der Waals surface area contributed by atoms with E-state index in [1.807, 2.05) is 19.1 Å². The Morgan fingerprint density at radius 2 is 2.00 bits per heavy atom. The zero-order valence-corrected chi connectivity index (χ0v) is 12.0. The zero-order valence-electron chi connectivity index (χ0n) is 11.2. The van der Waals surface area contributed by atoms with Crippen molar-refractivity contribution < 1.29 is 4.79 Å². The summed E-state index contributed by atoms with van der Waals surface area (Å²) in [5.74, 6) is -0.0847. The van der Waals surface area contributed by atoms with Crippen LogP contribution in [0.4, 0.5) is 5.69 Å². The Kier molecular flexibility index (Phi) is 4.58. The molecule has 1 aromatic heterocycles. The van der Waals surface area contributed by atoms with Crippen molar-refractivity contribution in [1.82, 2.24) is 9.88 Å². The third kappa shape index (κ3) is 3.48. The minimum atomic E-state index is -0.0847. The zero-order chi connectivity index (χ0) is 14.5. The van der Waals surface area contributed by atoms with Crippen LogP contribution < -0.4 is 5.73 Å². The number of rotatable bonds is 4. The summed E-state index contributed by atoms with van der Waals surface area (Å²) in [5.41, 5.74) is 7.75. The Morgan fingerprint density at radius 1 is 1.30 bits per heavy atom. The minimum absolute atomic E-state index is 0.0847. The van der Waals surface area contributed by atoms with E-state index in [0.717, 1.165) is 5.56 Å². The number of halogens is 1. The topological polar surface area (TPSA) is 59.2 Å². The Labute approximate surface area is 123 Å². The van der Waals surface area contributed by atoms with Gasteiger partial charge in [-0.25, -0.2) is 0 Å². The summed E-state index contributed by atoms with van der Waals surface area (Å²) in [6.07, 6.45) is 3.43. The molecule has 2 N–H and O–H groups in total. The fourth-order valence-corrected chi connectivity index (χ4v) is 2.20. The number of carbonyl (C=O) groups excluding carboxylic acids is 1. The van der Waals surface area contributed by atoms with E-state index in [9.17, 15) is 4.79 Å². The molecule has 104 valence electrons. The molecular weight excluding hydrogens is 274 g/mol. The molecule has 0 aliphatic carbocycles. The van der Waals surface area contributed by atoms with Gasteiger partial charge in [-0.3, -0.25) is 9.78 Å². The summed E-state index contributed by atoms with van der Waals surface area (Å²) in [7, 11) is 0. The first-order chi connectivity index (χ1) is 9.60. The number of nitrogens with zero attached hydrogens (tertiary/aromatic N) is 2. The molecule has 1 amide bonds. The summed E-state index contributed by atoms with van der Waals surface area (Å²) < 4.78 is 0. The molecule has 0 bridgehead atoms. The molecule has 1 aromatic carbocycles. The average molecular weight is 290 g/mol. The molecule has 4 nitrogen and oxygen atoms in total. The number of benzene rings is 1. The Hall–Kier alpha value is -2.07. The SMILES string of the molecule is CCN(Cc1ccncc1)C(=O)c1cc(N)cc(Cl)c1. The summed E-state index contributed by atoms with van der Waals surface area (Å²) in [6, 6.07) is 8.68.